The van der Waals surface area contributed by atoms with Gasteiger partial charge in [0.1, 0.15) is 6.10 Å². The van der Waals surface area contributed by atoms with E-state index in [1.54, 1.807) is 6.92 Å². The maximum absolute atomic E-state index is 12.1. The number of fused-ring (bicyclic) bond motifs is 3. The van der Waals surface area contributed by atoms with Crippen LogP contribution in [-0.4, -0.2) is 18.2 Å². The summed E-state index contributed by atoms with van der Waals surface area (Å²) in [6.07, 6.45) is 1.87. The summed E-state index contributed by atoms with van der Waals surface area (Å²) < 4.78 is 16.1. The average molecular weight is 300 g/mol. The van der Waals surface area contributed by atoms with E-state index in [2.05, 4.69) is 6.07 Å². The van der Waals surface area contributed by atoms with Crippen LogP contribution in [0.1, 0.15) is 30.6 Å². The summed E-state index contributed by atoms with van der Waals surface area (Å²) in [7, 11) is 0. The molecule has 1 aromatic carbocycles. The summed E-state index contributed by atoms with van der Waals surface area (Å²) in [5, 5.41) is 0. The molecule has 0 amide bonds. The summed E-state index contributed by atoms with van der Waals surface area (Å²) in [6, 6.07) is 7.99. The van der Waals surface area contributed by atoms with Crippen LogP contribution in [0.2, 0.25) is 0 Å². The predicted octanol–water partition coefficient (Wildman–Crippen LogP) is 2.27. The van der Waals surface area contributed by atoms with Crippen LogP contribution in [-0.2, 0) is 30.2 Å². The molecule has 22 heavy (non-hydrogen) atoms. The Labute approximate surface area is 127 Å². The second-order valence-electron chi connectivity index (χ2n) is 6.05. The Morgan fingerprint density at radius 3 is 2.82 bits per heavy atom. The van der Waals surface area contributed by atoms with Gasteiger partial charge in [-0.25, -0.2) is 4.79 Å². The standard InChI is InChI=1S/C17H16O5/c1-9-6-14(21-16(9)18)20-8-13-12-7-10-4-2-3-5-11(10)15(12)22-17(13)19/h2-5,8-9,12,14-15H,6-7H2,1H3/b13-8+/t9?,12-,14-,15-/m1/s1. The zero-order valence-corrected chi connectivity index (χ0v) is 12.2. The van der Waals surface area contributed by atoms with Crippen molar-refractivity contribution in [2.45, 2.75) is 32.2 Å². The third-order valence-electron chi connectivity index (χ3n) is 4.58. The van der Waals surface area contributed by atoms with Crippen molar-refractivity contribution in [2.24, 2.45) is 11.8 Å². The first-order valence-electron chi connectivity index (χ1n) is 7.48. The van der Waals surface area contributed by atoms with E-state index in [1.807, 2.05) is 18.2 Å². The number of hydrogen-bond acceptors (Lipinski definition) is 5. The van der Waals surface area contributed by atoms with Gasteiger partial charge < -0.3 is 14.2 Å². The molecular formula is C17H16O5. The van der Waals surface area contributed by atoms with Crippen LogP contribution in [0.15, 0.2) is 36.1 Å². The Morgan fingerprint density at radius 1 is 1.23 bits per heavy atom. The van der Waals surface area contributed by atoms with Crippen molar-refractivity contribution < 1.29 is 23.8 Å². The monoisotopic (exact) mass is 300 g/mol. The number of hydrogen-bond donors (Lipinski definition) is 0. The molecular weight excluding hydrogens is 284 g/mol. The van der Waals surface area contributed by atoms with E-state index in [0.29, 0.717) is 12.0 Å². The molecule has 1 unspecified atom stereocenters. The first kappa shape index (κ1) is 13.4. The quantitative estimate of drug-likeness (QED) is 0.476. The van der Waals surface area contributed by atoms with E-state index in [-0.39, 0.29) is 29.9 Å². The molecule has 0 aromatic heterocycles. The maximum atomic E-state index is 12.1. The van der Waals surface area contributed by atoms with Gasteiger partial charge in [0.25, 0.3) is 0 Å². The fourth-order valence-electron chi connectivity index (χ4n) is 3.36. The Balaban J connectivity index is 1.53. The zero-order chi connectivity index (χ0) is 15.3. The third-order valence-corrected chi connectivity index (χ3v) is 4.58. The van der Waals surface area contributed by atoms with Crippen LogP contribution in [0.25, 0.3) is 0 Å². The van der Waals surface area contributed by atoms with Gasteiger partial charge in [0, 0.05) is 12.3 Å². The molecule has 0 saturated carbocycles. The number of carbonyl (C=O) groups excluding carboxylic acids is 2. The minimum Gasteiger partial charge on any atom is -0.462 e. The fourth-order valence-corrected chi connectivity index (χ4v) is 3.36. The molecule has 0 N–H and O–H groups in total. The number of esters is 2. The molecule has 2 heterocycles. The van der Waals surface area contributed by atoms with Gasteiger partial charge in [-0.1, -0.05) is 31.2 Å². The van der Waals surface area contributed by atoms with Gasteiger partial charge in [-0.15, -0.1) is 0 Å². The van der Waals surface area contributed by atoms with Crippen LogP contribution in [0.5, 0.6) is 0 Å². The van der Waals surface area contributed by atoms with Crippen LogP contribution in [0, 0.1) is 11.8 Å². The molecule has 2 fully saturated rings. The molecule has 1 aliphatic carbocycles. The van der Waals surface area contributed by atoms with Gasteiger partial charge in [0.2, 0.25) is 6.29 Å². The van der Waals surface area contributed by atoms with E-state index in [9.17, 15) is 9.59 Å². The largest absolute Gasteiger partial charge is 0.462 e. The molecule has 2 saturated heterocycles. The van der Waals surface area contributed by atoms with Gasteiger partial charge in [0.05, 0.1) is 17.8 Å². The van der Waals surface area contributed by atoms with E-state index in [4.69, 9.17) is 14.2 Å². The highest BCUT2D eigenvalue weighted by atomic mass is 16.7. The first-order valence-corrected chi connectivity index (χ1v) is 7.48. The smallest absolute Gasteiger partial charge is 0.338 e. The Kier molecular flexibility index (Phi) is 2.96. The number of ether oxygens (including phenoxy) is 3. The molecule has 4 atom stereocenters. The number of carbonyl (C=O) groups is 2. The second-order valence-corrected chi connectivity index (χ2v) is 6.05. The van der Waals surface area contributed by atoms with Crippen molar-refractivity contribution >= 4 is 11.9 Å². The van der Waals surface area contributed by atoms with Crippen molar-refractivity contribution in [3.05, 3.63) is 47.2 Å². The predicted molar refractivity (Wildman–Crippen MR) is 75.3 cm³/mol. The van der Waals surface area contributed by atoms with Gasteiger partial charge >= 0.3 is 11.9 Å². The third kappa shape index (κ3) is 2.00. The Morgan fingerprint density at radius 2 is 2.05 bits per heavy atom. The van der Waals surface area contributed by atoms with Crippen molar-refractivity contribution in [1.82, 2.24) is 0 Å². The van der Waals surface area contributed by atoms with Crippen molar-refractivity contribution in [3.63, 3.8) is 0 Å². The number of benzene rings is 1. The van der Waals surface area contributed by atoms with Crippen molar-refractivity contribution in [1.29, 1.82) is 0 Å². The van der Waals surface area contributed by atoms with Crippen molar-refractivity contribution in [3.8, 4) is 0 Å². The lowest BCUT2D eigenvalue weighted by Crippen LogP contribution is -2.11. The lowest BCUT2D eigenvalue weighted by atomic mass is 9.98. The van der Waals surface area contributed by atoms with Gasteiger partial charge in [-0.2, -0.15) is 0 Å². The van der Waals surface area contributed by atoms with Crippen molar-refractivity contribution in [2.75, 3.05) is 0 Å². The minimum atomic E-state index is -0.606. The maximum Gasteiger partial charge on any atom is 0.338 e. The molecule has 0 spiro atoms. The lowest BCUT2D eigenvalue weighted by molar-refractivity contribution is -0.156. The second kappa shape index (κ2) is 4.87. The number of cyclic esters (lactones) is 1. The normalized spacial score (nSPS) is 34.3. The van der Waals surface area contributed by atoms with Gasteiger partial charge in [0.15, 0.2) is 0 Å². The summed E-state index contributed by atoms with van der Waals surface area (Å²) >= 11 is 0. The van der Waals surface area contributed by atoms with Crippen LogP contribution >= 0.6 is 0 Å². The summed E-state index contributed by atoms with van der Waals surface area (Å²) in [5.74, 6) is -0.785. The molecule has 114 valence electrons. The number of rotatable bonds is 2. The Bertz CT molecular complexity index is 677. The molecule has 5 heteroatoms. The van der Waals surface area contributed by atoms with E-state index in [1.165, 1.54) is 11.8 Å². The van der Waals surface area contributed by atoms with E-state index in [0.717, 1.165) is 12.0 Å². The molecule has 1 aromatic rings. The highest BCUT2D eigenvalue weighted by Gasteiger charge is 2.46. The highest BCUT2D eigenvalue weighted by Crippen LogP contribution is 2.47. The topological polar surface area (TPSA) is 61.8 Å². The molecule has 3 aliphatic rings. The fraction of sp³-hybridized carbons (Fsp3) is 0.412. The molecule has 0 bridgehead atoms. The van der Waals surface area contributed by atoms with Gasteiger partial charge in [-0.3, -0.25) is 4.79 Å². The molecule has 2 aliphatic heterocycles. The van der Waals surface area contributed by atoms with Crippen LogP contribution in [0.3, 0.4) is 0 Å². The summed E-state index contributed by atoms with van der Waals surface area (Å²) in [4.78, 5) is 23.4. The van der Waals surface area contributed by atoms with E-state index < -0.39 is 6.29 Å². The van der Waals surface area contributed by atoms with E-state index >= 15 is 0 Å². The highest BCUT2D eigenvalue weighted by molar-refractivity contribution is 5.92. The van der Waals surface area contributed by atoms with Gasteiger partial charge in [-0.05, 0) is 17.5 Å². The first-order chi connectivity index (χ1) is 10.6. The Hall–Kier alpha value is -2.30. The lowest BCUT2D eigenvalue weighted by Gasteiger charge is -2.10. The molecule has 0 radical (unpaired) electrons. The van der Waals surface area contributed by atoms with Crippen LogP contribution < -0.4 is 0 Å². The summed E-state index contributed by atoms with van der Waals surface area (Å²) in [6.45, 7) is 1.80. The molecule has 4 rings (SSSR count). The minimum absolute atomic E-state index is 0.0144. The van der Waals surface area contributed by atoms with Crippen LogP contribution in [0.4, 0.5) is 0 Å². The average Bonchev–Trinajstić information content (AvgIpc) is 3.10. The zero-order valence-electron chi connectivity index (χ0n) is 12.2. The molecule has 5 nitrogen and oxygen atoms in total. The summed E-state index contributed by atoms with van der Waals surface area (Å²) in [5.41, 5.74) is 2.80. The SMILES string of the molecule is CC1C[C@H](O/C=C2/C(=O)O[C@@H]3c4ccccc4C[C@H]23)OC1=O.